The molecule has 0 spiro atoms. The van der Waals surface area contributed by atoms with Crippen molar-refractivity contribution in [2.24, 2.45) is 5.73 Å². The number of carboxylic acid groups (broad SMARTS) is 1. The van der Waals surface area contributed by atoms with E-state index in [0.717, 1.165) is 21.4 Å². The molecule has 0 radical (unpaired) electrons. The van der Waals surface area contributed by atoms with Gasteiger partial charge in [0.1, 0.15) is 6.33 Å². The van der Waals surface area contributed by atoms with Gasteiger partial charge in [0.05, 0.1) is 18.4 Å². The smallest absolute Gasteiger partial charge is 0.475 e. The van der Waals surface area contributed by atoms with Gasteiger partial charge in [0.15, 0.2) is 0 Å². The van der Waals surface area contributed by atoms with Gasteiger partial charge in [-0.05, 0) is 38.0 Å². The summed E-state index contributed by atoms with van der Waals surface area (Å²) in [6.45, 7) is 5.30. The number of carboxylic acids is 1. The molecule has 0 fully saturated rings. The maximum atomic E-state index is 12.9. The zero-order valence-electron chi connectivity index (χ0n) is 18.9. The molecule has 9 nitrogen and oxygen atoms in total. The van der Waals surface area contributed by atoms with E-state index in [4.69, 9.17) is 15.6 Å². The quantitative estimate of drug-likeness (QED) is 0.498. The number of hydrogen-bond donors (Lipinski definition) is 2. The summed E-state index contributed by atoms with van der Waals surface area (Å²) >= 11 is 0. The van der Waals surface area contributed by atoms with Crippen molar-refractivity contribution < 1.29 is 31.9 Å². The first-order chi connectivity index (χ1) is 16.3. The van der Waals surface area contributed by atoms with Gasteiger partial charge in [0, 0.05) is 29.9 Å². The average Bonchev–Trinajstić information content (AvgIpc) is 3.39. The largest absolute Gasteiger partial charge is 0.490 e. The first-order valence-corrected chi connectivity index (χ1v) is 10.1. The monoisotopic (exact) mass is 502 g/mol. The van der Waals surface area contributed by atoms with Crippen LogP contribution < -0.4 is 11.4 Å². The highest BCUT2D eigenvalue weighted by atomic mass is 19.4. The van der Waals surface area contributed by atoms with E-state index in [1.807, 2.05) is 43.8 Å². The van der Waals surface area contributed by atoms with Crippen molar-refractivity contribution in [3.8, 4) is 16.8 Å². The molecule has 0 aliphatic carbocycles. The molecule has 3 aromatic rings. The Balaban J connectivity index is 0.000000540. The van der Waals surface area contributed by atoms with Gasteiger partial charge < -0.3 is 10.8 Å². The van der Waals surface area contributed by atoms with Crippen LogP contribution in [0, 0.1) is 6.92 Å². The number of aromatic nitrogens is 5. The molecule has 0 bridgehead atoms. The molecule has 0 amide bonds. The fraction of sp³-hybridized carbons (Fsp3) is 0.333. The van der Waals surface area contributed by atoms with Crippen molar-refractivity contribution in [3.05, 3.63) is 64.6 Å². The molecular weight excluding hydrogens is 479 g/mol. The van der Waals surface area contributed by atoms with Gasteiger partial charge in [0.2, 0.25) is 0 Å². The lowest BCUT2D eigenvalue weighted by Crippen LogP contribution is -2.26. The number of hydrogen-bond acceptors (Lipinski definition) is 5. The summed E-state index contributed by atoms with van der Waals surface area (Å²) in [7, 11) is 0. The lowest BCUT2D eigenvalue weighted by atomic mass is 10.0. The molecule has 2 aromatic heterocycles. The molecule has 35 heavy (non-hydrogen) atoms. The Bertz CT molecular complexity index is 1270. The minimum absolute atomic E-state index is 0.235. The Morgan fingerprint density at radius 1 is 1.20 bits per heavy atom. The second-order valence-electron chi connectivity index (χ2n) is 7.56. The first kappa shape index (κ1) is 27.4. The third-order valence-electron chi connectivity index (χ3n) is 4.84. The van der Waals surface area contributed by atoms with Gasteiger partial charge in [-0.15, -0.1) is 0 Å². The van der Waals surface area contributed by atoms with Crippen LogP contribution in [0.3, 0.4) is 0 Å². The van der Waals surface area contributed by atoms with Crippen LogP contribution in [0.25, 0.3) is 16.8 Å². The van der Waals surface area contributed by atoms with Gasteiger partial charge in [0.25, 0.3) is 6.08 Å². The van der Waals surface area contributed by atoms with Crippen molar-refractivity contribution >= 4 is 5.97 Å². The van der Waals surface area contributed by atoms with Crippen LogP contribution in [0.4, 0.5) is 22.0 Å². The zero-order valence-corrected chi connectivity index (χ0v) is 18.9. The van der Waals surface area contributed by atoms with Crippen LogP contribution >= 0.6 is 0 Å². The van der Waals surface area contributed by atoms with Crippen LogP contribution in [0.5, 0.6) is 0 Å². The lowest BCUT2D eigenvalue weighted by Gasteiger charge is -2.10. The Hall–Kier alpha value is -3.81. The Morgan fingerprint density at radius 3 is 2.31 bits per heavy atom. The molecule has 2 heterocycles. The molecule has 0 unspecified atom stereocenters. The number of carbonyl (C=O) groups is 1. The van der Waals surface area contributed by atoms with Gasteiger partial charge >= 0.3 is 17.8 Å². The molecule has 3 N–H and O–H groups in total. The predicted molar refractivity (Wildman–Crippen MR) is 116 cm³/mol. The number of nitrogens with zero attached hydrogens (tertiary/aromatic N) is 5. The Labute approximate surface area is 195 Å². The minimum atomic E-state index is -5.08. The van der Waals surface area contributed by atoms with E-state index >= 15 is 0 Å². The topological polar surface area (TPSA) is 121 Å². The van der Waals surface area contributed by atoms with Crippen LogP contribution in [0.1, 0.15) is 25.5 Å². The predicted octanol–water partition coefficient (Wildman–Crippen LogP) is 3.53. The summed E-state index contributed by atoms with van der Waals surface area (Å²) < 4.78 is 61.6. The first-order valence-electron chi connectivity index (χ1n) is 10.1. The summed E-state index contributed by atoms with van der Waals surface area (Å²) in [6, 6.07) is 5.80. The molecule has 1 aromatic carbocycles. The van der Waals surface area contributed by atoms with E-state index in [-0.39, 0.29) is 24.7 Å². The van der Waals surface area contributed by atoms with Crippen LogP contribution in [-0.2, 0) is 11.3 Å². The van der Waals surface area contributed by atoms with Gasteiger partial charge in [-0.2, -0.15) is 32.1 Å². The summed E-state index contributed by atoms with van der Waals surface area (Å²) in [5, 5.41) is 15.4. The Morgan fingerprint density at radius 2 is 1.83 bits per heavy atom. The SMILES string of the molecule is Cc1c(-c2cnn(C(C)C)c2)cccc1-n1cnn(CC(CN)=C(F)F)c1=O.O=C(O)C(F)(F)F. The fourth-order valence-corrected chi connectivity index (χ4v) is 2.95. The lowest BCUT2D eigenvalue weighted by molar-refractivity contribution is -0.192. The molecule has 0 aliphatic rings. The van der Waals surface area contributed by atoms with E-state index in [9.17, 15) is 26.7 Å². The highest BCUT2D eigenvalue weighted by Gasteiger charge is 2.38. The van der Waals surface area contributed by atoms with Gasteiger partial charge in [-0.25, -0.2) is 18.8 Å². The molecule has 0 aliphatic heterocycles. The van der Waals surface area contributed by atoms with E-state index in [1.165, 1.54) is 10.9 Å². The number of rotatable bonds is 6. The summed E-state index contributed by atoms with van der Waals surface area (Å²) in [5.41, 5.74) is 7.85. The van der Waals surface area contributed by atoms with E-state index in [0.29, 0.717) is 5.69 Å². The molecule has 0 saturated carbocycles. The number of halogens is 5. The molecule has 190 valence electrons. The molecule has 3 rings (SSSR count). The van der Waals surface area contributed by atoms with Crippen molar-refractivity contribution in [1.82, 2.24) is 24.1 Å². The number of aliphatic carboxylic acids is 1. The maximum absolute atomic E-state index is 12.9. The molecule has 0 atom stereocenters. The van der Waals surface area contributed by atoms with Gasteiger partial charge in [-0.3, -0.25) is 4.68 Å². The number of alkyl halides is 3. The van der Waals surface area contributed by atoms with Crippen LogP contribution in [0.2, 0.25) is 0 Å². The summed E-state index contributed by atoms with van der Waals surface area (Å²) in [6.07, 6.45) is -1.91. The highest BCUT2D eigenvalue weighted by Crippen LogP contribution is 2.27. The molecule has 0 saturated heterocycles. The normalized spacial score (nSPS) is 11.3. The number of nitrogens with two attached hydrogens (primary N) is 1. The highest BCUT2D eigenvalue weighted by molar-refractivity contribution is 5.73. The third-order valence-corrected chi connectivity index (χ3v) is 4.84. The molecule has 14 heteroatoms. The summed E-state index contributed by atoms with van der Waals surface area (Å²) in [5.74, 6) is -2.76. The average molecular weight is 502 g/mol. The van der Waals surface area contributed by atoms with Crippen molar-refractivity contribution in [2.75, 3.05) is 6.54 Å². The van der Waals surface area contributed by atoms with E-state index in [2.05, 4.69) is 10.2 Å². The number of benzene rings is 1. The second-order valence-corrected chi connectivity index (χ2v) is 7.56. The van der Waals surface area contributed by atoms with Crippen molar-refractivity contribution in [3.63, 3.8) is 0 Å². The second kappa shape index (κ2) is 11.1. The van der Waals surface area contributed by atoms with Crippen LogP contribution in [0.15, 0.2) is 53.4 Å². The third kappa shape index (κ3) is 6.62. The summed E-state index contributed by atoms with van der Waals surface area (Å²) in [4.78, 5) is 21.6. The molecular formula is C21H23F5N6O3. The van der Waals surface area contributed by atoms with Crippen molar-refractivity contribution in [1.29, 1.82) is 0 Å². The Kier molecular flexibility index (Phi) is 8.68. The zero-order chi connectivity index (χ0) is 26.5. The maximum Gasteiger partial charge on any atom is 0.490 e. The minimum Gasteiger partial charge on any atom is -0.475 e. The van der Waals surface area contributed by atoms with Crippen LogP contribution in [-0.4, -0.2) is 47.9 Å². The standard InChI is InChI=1S/C19H22F2N6O.C2HF3O2/c1-12(2)26-10-15(8-23-26)16-5-4-6-17(13(16)3)25-11-24-27(19(25)28)9-14(7-22)18(20)21;3-2(4,5)1(6)7/h4-6,8,10-12H,7,9,22H2,1-3H3;(H,6,7). The van der Waals surface area contributed by atoms with E-state index in [1.54, 1.807) is 12.3 Å². The van der Waals surface area contributed by atoms with Crippen molar-refractivity contribution in [2.45, 2.75) is 39.5 Å². The fourth-order valence-electron chi connectivity index (χ4n) is 2.95. The van der Waals surface area contributed by atoms with Gasteiger partial charge in [-0.1, -0.05) is 12.1 Å². The van der Waals surface area contributed by atoms with E-state index < -0.39 is 23.9 Å².